The Morgan fingerprint density at radius 3 is 2.14 bits per heavy atom. The minimum atomic E-state index is -5.90. The van der Waals surface area contributed by atoms with E-state index in [9.17, 15) is 26.1 Å². The molecule has 0 aliphatic heterocycles. The largest absolute Gasteiger partial charge is 0.743 e. The Kier molecular flexibility index (Phi) is 2.55. The number of halogens is 3. The molecular formula is C7H4F3O3S-. The van der Waals surface area contributed by atoms with Crippen molar-refractivity contribution in [1.29, 1.82) is 0 Å². The molecule has 0 amide bonds. The van der Waals surface area contributed by atoms with E-state index in [0.29, 0.717) is 12.1 Å². The summed E-state index contributed by atoms with van der Waals surface area (Å²) in [5.41, 5.74) is -1.44. The number of benzene rings is 1. The smallest absolute Gasteiger partial charge is 0.362 e. The van der Waals surface area contributed by atoms with Gasteiger partial charge in [0.25, 0.3) is 0 Å². The van der Waals surface area contributed by atoms with Crippen molar-refractivity contribution in [3.05, 3.63) is 35.6 Å². The lowest BCUT2D eigenvalue weighted by Crippen LogP contribution is -2.26. The predicted octanol–water partition coefficient (Wildman–Crippen LogP) is 1.42. The minimum absolute atomic E-state index is 0.546. The molecule has 0 aliphatic carbocycles. The Morgan fingerprint density at radius 2 is 1.71 bits per heavy atom. The van der Waals surface area contributed by atoms with Gasteiger partial charge in [0.05, 0.1) is 5.56 Å². The van der Waals surface area contributed by atoms with Gasteiger partial charge in [-0.3, -0.25) is 0 Å². The molecule has 0 radical (unpaired) electrons. The van der Waals surface area contributed by atoms with Crippen LogP contribution in [0, 0.1) is 5.82 Å². The summed E-state index contributed by atoms with van der Waals surface area (Å²) in [6.45, 7) is 0. The molecule has 0 fully saturated rings. The van der Waals surface area contributed by atoms with Gasteiger partial charge in [-0.15, -0.1) is 0 Å². The summed E-state index contributed by atoms with van der Waals surface area (Å²) in [6.07, 6.45) is 0. The molecule has 0 unspecified atom stereocenters. The predicted molar refractivity (Wildman–Crippen MR) is 40.0 cm³/mol. The molecule has 1 aromatic carbocycles. The summed E-state index contributed by atoms with van der Waals surface area (Å²) in [6, 6.07) is 3.31. The molecule has 0 atom stereocenters. The highest BCUT2D eigenvalue weighted by Crippen LogP contribution is 2.34. The third-order valence-electron chi connectivity index (χ3n) is 1.50. The second kappa shape index (κ2) is 3.25. The van der Waals surface area contributed by atoms with Crippen molar-refractivity contribution in [2.75, 3.05) is 0 Å². The number of hydrogen-bond acceptors (Lipinski definition) is 3. The Hall–Kier alpha value is -1.08. The first-order valence-corrected chi connectivity index (χ1v) is 4.76. The van der Waals surface area contributed by atoms with Crippen LogP contribution < -0.4 is 0 Å². The maximum absolute atomic E-state index is 12.8. The molecule has 3 nitrogen and oxygen atoms in total. The number of hydrogen-bond donors (Lipinski definition) is 0. The first kappa shape index (κ1) is 11.0. The molecule has 0 N–H and O–H groups in total. The molecular weight excluding hydrogens is 221 g/mol. The van der Waals surface area contributed by atoms with Crippen molar-refractivity contribution in [3.8, 4) is 0 Å². The highest BCUT2D eigenvalue weighted by Gasteiger charge is 2.41. The quantitative estimate of drug-likeness (QED) is 0.715. The van der Waals surface area contributed by atoms with Gasteiger partial charge < -0.3 is 4.55 Å². The SMILES string of the molecule is O=S(=O)([O-])C(F)(F)c1ccccc1F. The van der Waals surface area contributed by atoms with Crippen LogP contribution in [0.3, 0.4) is 0 Å². The van der Waals surface area contributed by atoms with Crippen molar-refractivity contribution in [1.82, 2.24) is 0 Å². The molecule has 14 heavy (non-hydrogen) atoms. The molecule has 0 saturated carbocycles. The van der Waals surface area contributed by atoms with Crippen LogP contribution >= 0.6 is 0 Å². The molecule has 1 rings (SSSR count). The zero-order chi connectivity index (χ0) is 11.0. The summed E-state index contributed by atoms with van der Waals surface area (Å²) in [4.78, 5) is 0. The standard InChI is InChI=1S/C7H5F3O3S/c8-6-4-2-1-3-5(6)7(9,10)14(11,12)13/h1-4H,(H,11,12,13)/p-1. The first-order chi connectivity index (χ1) is 6.27. The molecule has 0 aromatic heterocycles. The second-order valence-corrected chi connectivity index (χ2v) is 3.87. The summed E-state index contributed by atoms with van der Waals surface area (Å²) < 4.78 is 68.7. The van der Waals surface area contributed by atoms with Crippen LogP contribution in [-0.4, -0.2) is 13.0 Å². The fourth-order valence-electron chi connectivity index (χ4n) is 0.832. The molecule has 78 valence electrons. The van der Waals surface area contributed by atoms with E-state index in [1.165, 1.54) is 0 Å². The van der Waals surface area contributed by atoms with Crippen LogP contribution in [0.25, 0.3) is 0 Å². The van der Waals surface area contributed by atoms with Gasteiger partial charge in [-0.05, 0) is 12.1 Å². The lowest BCUT2D eigenvalue weighted by atomic mass is 10.2. The van der Waals surface area contributed by atoms with Gasteiger partial charge >= 0.3 is 5.25 Å². The van der Waals surface area contributed by atoms with E-state index in [-0.39, 0.29) is 0 Å². The van der Waals surface area contributed by atoms with Crippen LogP contribution in [0.5, 0.6) is 0 Å². The van der Waals surface area contributed by atoms with Gasteiger partial charge in [-0.2, -0.15) is 8.78 Å². The lowest BCUT2D eigenvalue weighted by Gasteiger charge is -2.20. The highest BCUT2D eigenvalue weighted by atomic mass is 32.2. The zero-order valence-corrected chi connectivity index (χ0v) is 7.39. The van der Waals surface area contributed by atoms with Crippen LogP contribution in [-0.2, 0) is 15.4 Å². The van der Waals surface area contributed by atoms with E-state index >= 15 is 0 Å². The topological polar surface area (TPSA) is 57.2 Å². The Balaban J connectivity index is 3.38. The molecule has 1 aromatic rings. The molecule has 0 bridgehead atoms. The van der Waals surface area contributed by atoms with E-state index in [0.717, 1.165) is 12.1 Å². The van der Waals surface area contributed by atoms with E-state index in [2.05, 4.69) is 0 Å². The summed E-state index contributed by atoms with van der Waals surface area (Å²) in [5.74, 6) is -1.43. The maximum atomic E-state index is 12.8. The van der Waals surface area contributed by atoms with Gasteiger partial charge in [0, 0.05) is 0 Å². The third-order valence-corrected chi connectivity index (χ3v) is 2.35. The van der Waals surface area contributed by atoms with Crippen LogP contribution in [0.15, 0.2) is 24.3 Å². The fourth-order valence-corrected chi connectivity index (χ4v) is 1.27. The van der Waals surface area contributed by atoms with Crippen molar-refractivity contribution in [2.45, 2.75) is 5.25 Å². The number of alkyl halides is 2. The second-order valence-electron chi connectivity index (χ2n) is 2.45. The van der Waals surface area contributed by atoms with Gasteiger partial charge in [0.15, 0.2) is 10.1 Å². The maximum Gasteiger partial charge on any atom is 0.362 e. The molecule has 0 saturated heterocycles. The summed E-state index contributed by atoms with van der Waals surface area (Å²) in [5, 5.41) is -4.74. The average molecular weight is 225 g/mol. The van der Waals surface area contributed by atoms with E-state index in [1.807, 2.05) is 0 Å². The fraction of sp³-hybridized carbons (Fsp3) is 0.143. The van der Waals surface area contributed by atoms with E-state index < -0.39 is 26.8 Å². The molecule has 7 heteroatoms. The van der Waals surface area contributed by atoms with Crippen molar-refractivity contribution >= 4 is 10.1 Å². The Morgan fingerprint density at radius 1 is 1.21 bits per heavy atom. The van der Waals surface area contributed by atoms with Gasteiger partial charge in [-0.1, -0.05) is 12.1 Å². The van der Waals surface area contributed by atoms with Crippen LogP contribution in [0.2, 0.25) is 0 Å². The average Bonchev–Trinajstić information content (AvgIpc) is 2.02. The van der Waals surface area contributed by atoms with Crippen LogP contribution in [0.1, 0.15) is 5.56 Å². The van der Waals surface area contributed by atoms with E-state index in [1.54, 1.807) is 0 Å². The molecule has 0 heterocycles. The Bertz CT molecular complexity index is 441. The lowest BCUT2D eigenvalue weighted by molar-refractivity contribution is 0.0735. The first-order valence-electron chi connectivity index (χ1n) is 3.35. The summed E-state index contributed by atoms with van der Waals surface area (Å²) in [7, 11) is -5.90. The van der Waals surface area contributed by atoms with E-state index in [4.69, 9.17) is 0 Å². The van der Waals surface area contributed by atoms with Crippen molar-refractivity contribution in [2.24, 2.45) is 0 Å². The highest BCUT2D eigenvalue weighted by molar-refractivity contribution is 7.86. The number of rotatable bonds is 2. The van der Waals surface area contributed by atoms with Gasteiger partial charge in [0.1, 0.15) is 5.82 Å². The minimum Gasteiger partial charge on any atom is -0.743 e. The van der Waals surface area contributed by atoms with Gasteiger partial charge in [0.2, 0.25) is 0 Å². The van der Waals surface area contributed by atoms with Crippen molar-refractivity contribution < 1.29 is 26.1 Å². The van der Waals surface area contributed by atoms with Gasteiger partial charge in [-0.25, -0.2) is 12.8 Å². The normalized spacial score (nSPS) is 12.9. The molecule has 0 aliphatic rings. The van der Waals surface area contributed by atoms with Crippen molar-refractivity contribution in [3.63, 3.8) is 0 Å². The Labute approximate surface area is 77.9 Å². The van der Waals surface area contributed by atoms with Crippen LogP contribution in [0.4, 0.5) is 13.2 Å². The summed E-state index contributed by atoms with van der Waals surface area (Å²) >= 11 is 0. The zero-order valence-electron chi connectivity index (χ0n) is 6.58. The monoisotopic (exact) mass is 225 g/mol. The molecule has 0 spiro atoms. The third kappa shape index (κ3) is 1.73.